The van der Waals surface area contributed by atoms with Crippen molar-refractivity contribution in [3.05, 3.63) is 89.1 Å². The quantitative estimate of drug-likeness (QED) is 0.476. The van der Waals surface area contributed by atoms with Gasteiger partial charge in [-0.05, 0) is 58.9 Å². The molecule has 0 atom stereocenters. The van der Waals surface area contributed by atoms with Gasteiger partial charge in [0, 0.05) is 5.39 Å². The summed E-state index contributed by atoms with van der Waals surface area (Å²) in [6.45, 7) is 0. The summed E-state index contributed by atoms with van der Waals surface area (Å²) in [5.41, 5.74) is 5.12. The van der Waals surface area contributed by atoms with Crippen molar-refractivity contribution >= 4 is 39.3 Å². The molecule has 0 radical (unpaired) electrons. The van der Waals surface area contributed by atoms with Gasteiger partial charge in [0.1, 0.15) is 0 Å². The number of nitrogens with zero attached hydrogens (tertiary/aromatic N) is 1. The van der Waals surface area contributed by atoms with Gasteiger partial charge in [0.25, 0.3) is 0 Å². The normalized spacial score (nSPS) is 15.1. The van der Waals surface area contributed by atoms with Crippen molar-refractivity contribution in [3.8, 4) is 0 Å². The molecular formula is C25H19NO2. The van der Waals surface area contributed by atoms with E-state index in [1.54, 1.807) is 0 Å². The fourth-order valence-corrected chi connectivity index (χ4v) is 4.28. The Morgan fingerprint density at radius 2 is 1.64 bits per heavy atom. The number of fused-ring (bicyclic) bond motifs is 3. The first-order valence-electron chi connectivity index (χ1n) is 9.56. The van der Waals surface area contributed by atoms with E-state index in [-0.39, 0.29) is 0 Å². The van der Waals surface area contributed by atoms with Gasteiger partial charge in [-0.1, -0.05) is 60.7 Å². The van der Waals surface area contributed by atoms with Gasteiger partial charge in [0.05, 0.1) is 16.8 Å². The third-order valence-electron chi connectivity index (χ3n) is 5.54. The number of rotatable bonds is 2. The lowest BCUT2D eigenvalue weighted by molar-refractivity contribution is 0.0697. The molecule has 1 N–H and O–H groups in total. The van der Waals surface area contributed by atoms with E-state index in [9.17, 15) is 9.90 Å². The fraction of sp³-hybridized carbons (Fsp3) is 0.120. The SMILES string of the molecule is O=C(O)c1c2c(nc3ccccc13)C(=Cc1cccc3ccccc13)CCC2. The Bertz CT molecular complexity index is 1270. The third kappa shape index (κ3) is 2.67. The van der Waals surface area contributed by atoms with Crippen LogP contribution in [0, 0.1) is 0 Å². The van der Waals surface area contributed by atoms with Crippen molar-refractivity contribution in [2.24, 2.45) is 0 Å². The van der Waals surface area contributed by atoms with Crippen LogP contribution in [0.2, 0.25) is 0 Å². The van der Waals surface area contributed by atoms with Crippen molar-refractivity contribution in [1.82, 2.24) is 4.98 Å². The highest BCUT2D eigenvalue weighted by Gasteiger charge is 2.24. The number of pyridine rings is 1. The highest BCUT2D eigenvalue weighted by Crippen LogP contribution is 2.36. The van der Waals surface area contributed by atoms with Crippen molar-refractivity contribution in [2.75, 3.05) is 0 Å². The summed E-state index contributed by atoms with van der Waals surface area (Å²) in [6, 6.07) is 22.2. The largest absolute Gasteiger partial charge is 0.478 e. The van der Waals surface area contributed by atoms with Gasteiger partial charge in [0.15, 0.2) is 0 Å². The summed E-state index contributed by atoms with van der Waals surface area (Å²) in [5, 5.41) is 13.0. The predicted octanol–water partition coefficient (Wildman–Crippen LogP) is 5.96. The lowest BCUT2D eigenvalue weighted by Gasteiger charge is -2.21. The minimum Gasteiger partial charge on any atom is -0.478 e. The average molecular weight is 365 g/mol. The molecule has 136 valence electrons. The van der Waals surface area contributed by atoms with Crippen molar-refractivity contribution in [3.63, 3.8) is 0 Å². The summed E-state index contributed by atoms with van der Waals surface area (Å²) in [6.07, 6.45) is 4.78. The zero-order valence-electron chi connectivity index (χ0n) is 15.4. The number of allylic oxidation sites excluding steroid dienone is 1. The Balaban J connectivity index is 1.77. The van der Waals surface area contributed by atoms with E-state index in [0.717, 1.165) is 52.6 Å². The van der Waals surface area contributed by atoms with Gasteiger partial charge >= 0.3 is 5.97 Å². The summed E-state index contributed by atoms with van der Waals surface area (Å²) in [7, 11) is 0. The molecule has 1 heterocycles. The third-order valence-corrected chi connectivity index (χ3v) is 5.54. The minimum absolute atomic E-state index is 0.407. The van der Waals surface area contributed by atoms with Crippen molar-refractivity contribution in [1.29, 1.82) is 0 Å². The maximum absolute atomic E-state index is 12.1. The summed E-state index contributed by atoms with van der Waals surface area (Å²) in [4.78, 5) is 17.0. The Hall–Kier alpha value is -3.46. The number of aromatic carboxylic acids is 1. The minimum atomic E-state index is -0.874. The summed E-state index contributed by atoms with van der Waals surface area (Å²) < 4.78 is 0. The number of carboxylic acids is 1. The van der Waals surface area contributed by atoms with E-state index >= 15 is 0 Å². The van der Waals surface area contributed by atoms with E-state index in [2.05, 4.69) is 36.4 Å². The van der Waals surface area contributed by atoms with Crippen LogP contribution in [0.5, 0.6) is 0 Å². The van der Waals surface area contributed by atoms with Crippen molar-refractivity contribution in [2.45, 2.75) is 19.3 Å². The number of hydrogen-bond acceptors (Lipinski definition) is 2. The highest BCUT2D eigenvalue weighted by molar-refractivity contribution is 6.06. The molecular weight excluding hydrogens is 346 g/mol. The molecule has 0 saturated heterocycles. The summed E-state index contributed by atoms with van der Waals surface area (Å²) in [5.74, 6) is -0.874. The fourth-order valence-electron chi connectivity index (χ4n) is 4.28. The van der Waals surface area contributed by atoms with Crippen LogP contribution in [0.15, 0.2) is 66.7 Å². The zero-order valence-corrected chi connectivity index (χ0v) is 15.4. The number of hydrogen-bond donors (Lipinski definition) is 1. The maximum atomic E-state index is 12.1. The second kappa shape index (κ2) is 6.61. The van der Waals surface area contributed by atoms with E-state index in [1.165, 1.54) is 10.8 Å². The first-order valence-corrected chi connectivity index (χ1v) is 9.56. The maximum Gasteiger partial charge on any atom is 0.336 e. The first-order chi connectivity index (χ1) is 13.7. The molecule has 3 aromatic carbocycles. The molecule has 28 heavy (non-hydrogen) atoms. The van der Waals surface area contributed by atoms with Gasteiger partial charge in [-0.3, -0.25) is 0 Å². The molecule has 1 aromatic heterocycles. The van der Waals surface area contributed by atoms with Crippen LogP contribution in [0.3, 0.4) is 0 Å². The number of para-hydroxylation sites is 1. The van der Waals surface area contributed by atoms with E-state index < -0.39 is 5.97 Å². The first kappa shape index (κ1) is 16.7. The van der Waals surface area contributed by atoms with E-state index in [1.807, 2.05) is 36.4 Å². The molecule has 3 nitrogen and oxygen atoms in total. The van der Waals surface area contributed by atoms with Crippen LogP contribution in [0.1, 0.15) is 40.0 Å². The topological polar surface area (TPSA) is 50.2 Å². The molecule has 0 amide bonds. The van der Waals surface area contributed by atoms with Crippen LogP contribution in [-0.2, 0) is 6.42 Å². The number of carboxylic acid groups (broad SMARTS) is 1. The second-order valence-corrected chi connectivity index (χ2v) is 7.23. The van der Waals surface area contributed by atoms with E-state index in [0.29, 0.717) is 5.56 Å². The van der Waals surface area contributed by atoms with Gasteiger partial charge < -0.3 is 5.11 Å². The predicted molar refractivity (Wildman–Crippen MR) is 113 cm³/mol. The Kier molecular flexibility index (Phi) is 3.94. The molecule has 0 fully saturated rings. The Morgan fingerprint density at radius 3 is 2.50 bits per heavy atom. The highest BCUT2D eigenvalue weighted by atomic mass is 16.4. The van der Waals surface area contributed by atoms with Crippen LogP contribution < -0.4 is 0 Å². The molecule has 0 saturated carbocycles. The lowest BCUT2D eigenvalue weighted by atomic mass is 9.85. The standard InChI is InChI=1S/C25H19NO2/c27-25(28)23-20-12-3-4-14-22(20)26-24-18(10-6-13-21(23)24)15-17-9-5-8-16-7-1-2-11-19(16)17/h1-5,7-9,11-12,14-15H,6,10,13H2,(H,27,28). The van der Waals surface area contributed by atoms with Crippen LogP contribution in [-0.4, -0.2) is 16.1 Å². The molecule has 4 aromatic rings. The zero-order chi connectivity index (χ0) is 19.1. The lowest BCUT2D eigenvalue weighted by Crippen LogP contribution is -2.13. The van der Waals surface area contributed by atoms with Crippen molar-refractivity contribution < 1.29 is 9.90 Å². The summed E-state index contributed by atoms with van der Waals surface area (Å²) >= 11 is 0. The molecule has 1 aliphatic carbocycles. The molecule has 0 spiro atoms. The Labute approximate surface area is 163 Å². The molecule has 1 aliphatic rings. The molecule has 0 aliphatic heterocycles. The van der Waals surface area contributed by atoms with E-state index in [4.69, 9.17) is 4.98 Å². The Morgan fingerprint density at radius 1 is 0.893 bits per heavy atom. The molecule has 5 rings (SSSR count). The smallest absolute Gasteiger partial charge is 0.336 e. The van der Waals surface area contributed by atoms with Gasteiger partial charge in [-0.2, -0.15) is 0 Å². The average Bonchev–Trinajstić information content (AvgIpc) is 2.72. The van der Waals surface area contributed by atoms with Crippen LogP contribution in [0.25, 0.3) is 33.3 Å². The molecule has 3 heteroatoms. The number of benzene rings is 3. The number of carbonyl (C=O) groups is 1. The number of aromatic nitrogens is 1. The van der Waals surface area contributed by atoms with Gasteiger partial charge in [-0.25, -0.2) is 9.78 Å². The van der Waals surface area contributed by atoms with Crippen LogP contribution in [0.4, 0.5) is 0 Å². The van der Waals surface area contributed by atoms with Gasteiger partial charge in [0.2, 0.25) is 0 Å². The second-order valence-electron chi connectivity index (χ2n) is 7.23. The monoisotopic (exact) mass is 365 g/mol. The molecule has 0 bridgehead atoms. The molecule has 0 unspecified atom stereocenters. The van der Waals surface area contributed by atoms with Crippen LogP contribution >= 0.6 is 0 Å². The van der Waals surface area contributed by atoms with Gasteiger partial charge in [-0.15, -0.1) is 0 Å².